The number of carbonyl (C=O) groups excluding carboxylic acids is 3. The number of aromatic nitrogens is 10. The normalized spacial score (nSPS) is 13.8. The number of esters is 1. The Kier molecular flexibility index (Phi) is 17.1. The van der Waals surface area contributed by atoms with Crippen LogP contribution in [0.4, 0.5) is 23.3 Å². The van der Waals surface area contributed by atoms with Crippen molar-refractivity contribution in [1.82, 2.24) is 49.9 Å². The molecule has 5 N–H and O–H groups in total. The number of rotatable bonds is 18. The number of carbonyl (C=O) groups is 4. The third kappa shape index (κ3) is 12.7. The SMILES string of the molecule is COC(=O)c1nc(OC)c(NCC2CCOCC2)nc1NC(=O)c1ccc(Cn2ccnn2)c2ccccc12.COc1nc(C(=O)O)c(NC(=O)c2ccc(Cn3ccnn3)c3ccccc23)nc1NCC1CCOCC1. The minimum absolute atomic E-state index is 0.0297. The summed E-state index contributed by atoms with van der Waals surface area (Å²) >= 11 is 0. The molecule has 0 radical (unpaired) electrons. The number of benzene rings is 4. The first-order chi connectivity index (χ1) is 37.6. The van der Waals surface area contributed by atoms with Crippen LogP contribution in [0.5, 0.6) is 11.8 Å². The van der Waals surface area contributed by atoms with E-state index in [4.69, 9.17) is 23.7 Å². The fourth-order valence-corrected chi connectivity index (χ4v) is 9.03. The van der Waals surface area contributed by atoms with Crippen molar-refractivity contribution in [2.45, 2.75) is 38.8 Å². The molecule has 0 spiro atoms. The van der Waals surface area contributed by atoms with Crippen LogP contribution in [-0.2, 0) is 27.3 Å². The number of methoxy groups -OCH3 is 3. The molecule has 0 atom stereocenters. The second kappa shape index (κ2) is 24.9. The zero-order valence-electron chi connectivity index (χ0n) is 42.5. The maximum absolute atomic E-state index is 13.6. The summed E-state index contributed by atoms with van der Waals surface area (Å²) in [5.41, 5.74) is 2.14. The lowest BCUT2D eigenvalue weighted by Crippen LogP contribution is -2.24. The van der Waals surface area contributed by atoms with E-state index in [1.165, 1.54) is 21.3 Å². The number of nitrogens with zero attached hydrogens (tertiary/aromatic N) is 10. The molecule has 8 aromatic rings. The van der Waals surface area contributed by atoms with Crippen LogP contribution in [0.2, 0.25) is 0 Å². The summed E-state index contributed by atoms with van der Waals surface area (Å²) in [6, 6.07) is 22.3. The lowest BCUT2D eigenvalue weighted by atomic mass is 9.99. The predicted octanol–water partition coefficient (Wildman–Crippen LogP) is 6.22. The van der Waals surface area contributed by atoms with Gasteiger partial charge in [0.05, 0.1) is 46.8 Å². The Balaban J connectivity index is 0.000000188. The van der Waals surface area contributed by atoms with Gasteiger partial charge in [-0.3, -0.25) is 9.59 Å². The Hall–Kier alpha value is -9.16. The summed E-state index contributed by atoms with van der Waals surface area (Å²) in [7, 11) is 4.07. The third-order valence-electron chi connectivity index (χ3n) is 13.1. The molecule has 77 heavy (non-hydrogen) atoms. The van der Waals surface area contributed by atoms with Crippen molar-refractivity contribution >= 4 is 68.6 Å². The second-order valence-corrected chi connectivity index (χ2v) is 18.0. The molecule has 0 saturated carbocycles. The third-order valence-corrected chi connectivity index (χ3v) is 13.1. The molecule has 398 valence electrons. The Morgan fingerprint density at radius 2 is 1.00 bits per heavy atom. The molecule has 4 aromatic carbocycles. The number of ether oxygens (including phenoxy) is 5. The van der Waals surface area contributed by atoms with E-state index in [-0.39, 0.29) is 34.9 Å². The van der Waals surface area contributed by atoms with Gasteiger partial charge in [-0.25, -0.2) is 28.9 Å². The van der Waals surface area contributed by atoms with Gasteiger partial charge >= 0.3 is 11.9 Å². The van der Waals surface area contributed by atoms with Gasteiger partial charge in [-0.05, 0) is 82.3 Å². The summed E-state index contributed by atoms with van der Waals surface area (Å²) in [6.07, 6.45) is 10.4. The smallest absolute Gasteiger partial charge is 0.360 e. The summed E-state index contributed by atoms with van der Waals surface area (Å²) in [6.45, 7) is 5.01. The minimum Gasteiger partial charge on any atom is -0.478 e. The molecule has 0 aliphatic carbocycles. The van der Waals surface area contributed by atoms with Crippen LogP contribution >= 0.6 is 0 Å². The molecule has 0 unspecified atom stereocenters. The molecule has 2 aliphatic rings. The standard InChI is InChI=1S/C27H29N7O5.C26H27N7O5/c1-37-26-24(28-15-17-9-13-39-14-10-17)31-23(22(30-26)27(36)38-2)32-25(35)21-8-7-18(16-34-12-11-29-33-34)19-5-3-4-6-20(19)21;1-37-25-23(27-14-16-8-12-38-13-9-16)30-22(21(29-25)26(35)36)31-24(34)20-7-6-17(15-33-11-10-28-32-33)18-4-2-3-5-19(18)20/h3-8,11-12,17H,9-10,13-16H2,1-2H3,(H2,28,31,32,35);2-7,10-11,16H,8-9,12-15H2,1H3,(H,35,36)(H2,27,30,31,34). The number of aromatic carboxylic acids is 1. The lowest BCUT2D eigenvalue weighted by molar-refractivity contribution is 0.0592. The topological polar surface area (TPSA) is 296 Å². The number of carboxylic acids is 1. The Morgan fingerprint density at radius 3 is 1.40 bits per heavy atom. The highest BCUT2D eigenvalue weighted by molar-refractivity contribution is 6.15. The van der Waals surface area contributed by atoms with Crippen LogP contribution in [0.25, 0.3) is 21.5 Å². The molecule has 24 nitrogen and oxygen atoms in total. The fraction of sp³-hybridized carbons (Fsp3) is 0.321. The van der Waals surface area contributed by atoms with Crippen LogP contribution in [0.1, 0.15) is 78.5 Å². The van der Waals surface area contributed by atoms with Gasteiger partial charge in [0.25, 0.3) is 23.6 Å². The van der Waals surface area contributed by atoms with E-state index >= 15 is 0 Å². The van der Waals surface area contributed by atoms with Crippen molar-refractivity contribution in [1.29, 1.82) is 0 Å². The molecule has 2 aliphatic heterocycles. The number of anilines is 4. The fourth-order valence-electron chi connectivity index (χ4n) is 9.03. The van der Waals surface area contributed by atoms with Gasteiger partial charge in [-0.2, -0.15) is 9.97 Å². The number of hydrogen-bond donors (Lipinski definition) is 5. The molecule has 4 aromatic heterocycles. The monoisotopic (exact) mass is 1050 g/mol. The highest BCUT2D eigenvalue weighted by Crippen LogP contribution is 2.31. The van der Waals surface area contributed by atoms with Gasteiger partial charge in [0.1, 0.15) is 0 Å². The summed E-state index contributed by atoms with van der Waals surface area (Å²) in [4.78, 5) is 68.9. The van der Waals surface area contributed by atoms with Crippen molar-refractivity contribution < 1.29 is 48.0 Å². The highest BCUT2D eigenvalue weighted by atomic mass is 16.5. The summed E-state index contributed by atoms with van der Waals surface area (Å²) in [5, 5.41) is 40.6. The highest BCUT2D eigenvalue weighted by Gasteiger charge is 2.26. The van der Waals surface area contributed by atoms with Crippen molar-refractivity contribution in [3.05, 3.63) is 131 Å². The number of hydrogen-bond acceptors (Lipinski definition) is 19. The van der Waals surface area contributed by atoms with E-state index in [1.807, 2.05) is 60.7 Å². The van der Waals surface area contributed by atoms with Crippen LogP contribution in [0, 0.1) is 11.8 Å². The molecule has 10 rings (SSSR count). The van der Waals surface area contributed by atoms with Crippen molar-refractivity contribution in [3.8, 4) is 11.8 Å². The first kappa shape index (κ1) is 52.7. The number of carboxylic acid groups (broad SMARTS) is 1. The van der Waals surface area contributed by atoms with E-state index in [1.54, 1.807) is 46.3 Å². The zero-order chi connectivity index (χ0) is 53.7. The van der Waals surface area contributed by atoms with E-state index < -0.39 is 29.4 Å². The van der Waals surface area contributed by atoms with E-state index in [0.29, 0.717) is 86.8 Å². The van der Waals surface area contributed by atoms with Crippen molar-refractivity contribution in [2.24, 2.45) is 11.8 Å². The average molecular weight is 1050 g/mol. The molecule has 0 bridgehead atoms. The van der Waals surface area contributed by atoms with E-state index in [9.17, 15) is 24.3 Å². The molecule has 24 heteroatoms. The van der Waals surface area contributed by atoms with Crippen LogP contribution in [0.3, 0.4) is 0 Å². The van der Waals surface area contributed by atoms with Gasteiger partial charge in [0.15, 0.2) is 34.7 Å². The molecule has 6 heterocycles. The van der Waals surface area contributed by atoms with E-state index in [2.05, 4.69) is 61.8 Å². The number of fused-ring (bicyclic) bond motifs is 2. The Morgan fingerprint density at radius 1 is 0.571 bits per heavy atom. The van der Waals surface area contributed by atoms with Crippen molar-refractivity contribution in [2.75, 3.05) is 82.1 Å². The number of amides is 2. The largest absolute Gasteiger partial charge is 0.478 e. The second-order valence-electron chi connectivity index (χ2n) is 18.0. The first-order valence-corrected chi connectivity index (χ1v) is 24.8. The number of nitrogens with one attached hydrogen (secondary N) is 4. The van der Waals surface area contributed by atoms with Gasteiger partial charge in [0, 0.05) is 63.0 Å². The molecule has 2 saturated heterocycles. The first-order valence-electron chi connectivity index (χ1n) is 24.8. The molecule has 2 fully saturated rings. The molecular formula is C53H56N14O10. The Labute approximate surface area is 440 Å². The molecule has 2 amide bonds. The summed E-state index contributed by atoms with van der Waals surface area (Å²) in [5.74, 6) is -1.74. The predicted molar refractivity (Wildman–Crippen MR) is 282 cm³/mol. The van der Waals surface area contributed by atoms with Crippen LogP contribution in [0.15, 0.2) is 97.6 Å². The van der Waals surface area contributed by atoms with Crippen molar-refractivity contribution in [3.63, 3.8) is 0 Å². The molecular weight excluding hydrogens is 993 g/mol. The maximum Gasteiger partial charge on any atom is 0.360 e. The average Bonchev–Trinajstić information content (AvgIpc) is 4.20. The van der Waals surface area contributed by atoms with Gasteiger partial charge < -0.3 is 50.1 Å². The zero-order valence-corrected chi connectivity index (χ0v) is 42.5. The van der Waals surface area contributed by atoms with Gasteiger partial charge in [0.2, 0.25) is 0 Å². The van der Waals surface area contributed by atoms with Gasteiger partial charge in [-0.1, -0.05) is 71.1 Å². The Bertz CT molecular complexity index is 3370. The van der Waals surface area contributed by atoms with Crippen LogP contribution < -0.4 is 30.7 Å². The lowest BCUT2D eigenvalue weighted by Gasteiger charge is -2.23. The maximum atomic E-state index is 13.6. The minimum atomic E-state index is -1.34. The van der Waals surface area contributed by atoms with Gasteiger partial charge in [-0.15, -0.1) is 10.2 Å². The quantitative estimate of drug-likeness (QED) is 0.0596. The van der Waals surface area contributed by atoms with Crippen LogP contribution in [-0.4, -0.2) is 140 Å². The summed E-state index contributed by atoms with van der Waals surface area (Å²) < 4.78 is 29.8. The van der Waals surface area contributed by atoms with E-state index in [0.717, 1.165) is 53.0 Å².